The minimum absolute atomic E-state index is 0.102. The molecule has 160 valence electrons. The number of dihydropyridines is 1. The zero-order valence-electron chi connectivity index (χ0n) is 16.6. The van der Waals surface area contributed by atoms with Crippen LogP contribution in [0, 0.1) is 23.6 Å². The fourth-order valence-corrected chi connectivity index (χ4v) is 5.62. The van der Waals surface area contributed by atoms with Gasteiger partial charge in [0, 0.05) is 17.3 Å². The zero-order chi connectivity index (χ0) is 21.0. The highest BCUT2D eigenvalue weighted by Crippen LogP contribution is 2.48. The van der Waals surface area contributed by atoms with E-state index in [0.29, 0.717) is 23.1 Å². The topological polar surface area (TPSA) is 106 Å². The average Bonchev–Trinajstić information content (AvgIpc) is 3.12. The minimum atomic E-state index is -1.85. The number of nitrogens with zero attached hydrogens (tertiary/aromatic N) is 3. The summed E-state index contributed by atoms with van der Waals surface area (Å²) in [7, 11) is 0. The van der Waals surface area contributed by atoms with Gasteiger partial charge in [0.25, 0.3) is 0 Å². The van der Waals surface area contributed by atoms with Crippen molar-refractivity contribution in [3.05, 3.63) is 35.7 Å². The van der Waals surface area contributed by atoms with E-state index in [9.17, 15) is 19.0 Å². The molecular weight excluding hydrogens is 392 g/mol. The lowest BCUT2D eigenvalue weighted by Crippen LogP contribution is -2.60. The molecule has 3 heterocycles. The van der Waals surface area contributed by atoms with Crippen LogP contribution < -0.4 is 5.32 Å². The number of hydrogen-bond acceptors (Lipinski definition) is 6. The predicted molar refractivity (Wildman–Crippen MR) is 107 cm³/mol. The first-order valence-corrected chi connectivity index (χ1v) is 10.5. The van der Waals surface area contributed by atoms with Gasteiger partial charge in [0.2, 0.25) is 0 Å². The van der Waals surface area contributed by atoms with E-state index >= 15 is 0 Å². The normalized spacial score (nSPS) is 31.6. The molecular formula is C21H25F2N5O2. The Bertz CT molecular complexity index is 1020. The van der Waals surface area contributed by atoms with Gasteiger partial charge >= 0.3 is 0 Å². The van der Waals surface area contributed by atoms with Gasteiger partial charge in [-0.3, -0.25) is 10.1 Å². The highest BCUT2D eigenvalue weighted by Gasteiger charge is 2.51. The maximum absolute atomic E-state index is 14.7. The Labute approximate surface area is 172 Å². The molecule has 3 fully saturated rings. The van der Waals surface area contributed by atoms with Crippen molar-refractivity contribution in [2.24, 2.45) is 22.7 Å². The fourth-order valence-electron chi connectivity index (χ4n) is 5.62. The van der Waals surface area contributed by atoms with Gasteiger partial charge in [-0.1, -0.05) is 0 Å². The van der Waals surface area contributed by atoms with Crippen molar-refractivity contribution in [2.75, 3.05) is 0 Å². The summed E-state index contributed by atoms with van der Waals surface area (Å²) in [5.41, 5.74) is 0.961. The maximum Gasteiger partial charge on any atom is 0.181 e. The number of pyridine rings is 1. The second-order valence-corrected chi connectivity index (χ2v) is 8.91. The number of aromatic amines is 1. The van der Waals surface area contributed by atoms with E-state index in [4.69, 9.17) is 0 Å². The molecule has 3 aliphatic carbocycles. The second kappa shape index (κ2) is 7.09. The molecule has 4 N–H and O–H groups in total. The number of nitrogens with one attached hydrogen (secondary N) is 2. The van der Waals surface area contributed by atoms with Crippen LogP contribution in [0.25, 0.3) is 11.0 Å². The van der Waals surface area contributed by atoms with E-state index in [1.807, 2.05) is 0 Å². The van der Waals surface area contributed by atoms with Crippen LogP contribution >= 0.6 is 0 Å². The van der Waals surface area contributed by atoms with Gasteiger partial charge in [-0.25, -0.2) is 13.8 Å². The van der Waals surface area contributed by atoms with E-state index in [1.165, 1.54) is 19.1 Å². The Hall–Kier alpha value is -2.39. The molecule has 1 aliphatic heterocycles. The Balaban J connectivity index is 1.46. The molecule has 4 aliphatic rings. The summed E-state index contributed by atoms with van der Waals surface area (Å²) in [6, 6.07) is 0.610. The molecule has 30 heavy (non-hydrogen) atoms. The summed E-state index contributed by atoms with van der Waals surface area (Å²) >= 11 is 0. The molecule has 6 rings (SSSR count). The average molecular weight is 417 g/mol. The first-order valence-electron chi connectivity index (χ1n) is 10.5. The van der Waals surface area contributed by atoms with Crippen LogP contribution in [0.4, 0.5) is 8.78 Å². The van der Waals surface area contributed by atoms with Crippen molar-refractivity contribution in [1.29, 1.82) is 0 Å². The monoisotopic (exact) mass is 417 g/mol. The Morgan fingerprint density at radius 3 is 2.63 bits per heavy atom. The maximum atomic E-state index is 14.7. The van der Waals surface area contributed by atoms with E-state index in [1.54, 1.807) is 0 Å². The molecule has 0 saturated heterocycles. The van der Waals surface area contributed by atoms with Crippen LogP contribution in [0.2, 0.25) is 0 Å². The van der Waals surface area contributed by atoms with Crippen molar-refractivity contribution in [3.63, 3.8) is 0 Å². The largest absolute Gasteiger partial charge is 0.366 e. The van der Waals surface area contributed by atoms with Gasteiger partial charge in [-0.05, 0) is 63.0 Å². The third kappa shape index (κ3) is 3.30. The SMILES string of the molecule is CC(O)(O)C1C2CCC(CC2)C1NC1=NC(c2[nH]nc3ncc(F)cc23)CC=C1F. The smallest absolute Gasteiger partial charge is 0.181 e. The van der Waals surface area contributed by atoms with Crippen molar-refractivity contribution >= 4 is 16.9 Å². The number of rotatable bonds is 3. The van der Waals surface area contributed by atoms with Gasteiger partial charge < -0.3 is 15.5 Å². The number of aromatic nitrogens is 3. The summed E-state index contributed by atoms with van der Waals surface area (Å²) in [5, 5.41) is 31.5. The Morgan fingerprint density at radius 1 is 1.17 bits per heavy atom. The summed E-state index contributed by atoms with van der Waals surface area (Å²) in [6.07, 6.45) is 6.73. The van der Waals surface area contributed by atoms with Gasteiger partial charge in [-0.15, -0.1) is 0 Å². The lowest BCUT2D eigenvalue weighted by molar-refractivity contribution is -0.223. The zero-order valence-corrected chi connectivity index (χ0v) is 16.6. The number of H-pyrrole nitrogens is 1. The lowest BCUT2D eigenvalue weighted by atomic mass is 9.59. The highest BCUT2D eigenvalue weighted by molar-refractivity contribution is 5.97. The fraction of sp³-hybridized carbons (Fsp3) is 0.571. The predicted octanol–water partition coefficient (Wildman–Crippen LogP) is 2.89. The van der Waals surface area contributed by atoms with Gasteiger partial charge in [0.05, 0.1) is 17.9 Å². The lowest BCUT2D eigenvalue weighted by Gasteiger charge is -2.52. The molecule has 2 aromatic heterocycles. The number of hydrogen-bond donors (Lipinski definition) is 4. The molecule has 7 nitrogen and oxygen atoms in total. The number of aliphatic hydroxyl groups is 2. The van der Waals surface area contributed by atoms with Gasteiger partial charge in [-0.2, -0.15) is 5.10 Å². The van der Waals surface area contributed by atoms with E-state index in [-0.39, 0.29) is 23.7 Å². The molecule has 0 spiro atoms. The third-order valence-electron chi connectivity index (χ3n) is 6.92. The molecule has 2 aromatic rings. The number of fused-ring (bicyclic) bond motifs is 4. The van der Waals surface area contributed by atoms with E-state index in [0.717, 1.165) is 31.9 Å². The molecule has 3 saturated carbocycles. The minimum Gasteiger partial charge on any atom is -0.366 e. The summed E-state index contributed by atoms with van der Waals surface area (Å²) in [6.45, 7) is 1.41. The summed E-state index contributed by atoms with van der Waals surface area (Å²) in [5.74, 6) is -2.66. The van der Waals surface area contributed by atoms with Crippen molar-refractivity contribution in [2.45, 2.75) is 56.9 Å². The second-order valence-electron chi connectivity index (χ2n) is 8.91. The first-order chi connectivity index (χ1) is 14.3. The quantitative estimate of drug-likeness (QED) is 0.575. The summed E-state index contributed by atoms with van der Waals surface area (Å²) < 4.78 is 28.4. The molecule has 0 amide bonds. The Kier molecular flexibility index (Phi) is 4.62. The summed E-state index contributed by atoms with van der Waals surface area (Å²) in [4.78, 5) is 8.52. The van der Waals surface area contributed by atoms with E-state index in [2.05, 4.69) is 25.5 Å². The number of amidine groups is 1. The van der Waals surface area contributed by atoms with E-state index < -0.39 is 29.4 Å². The van der Waals surface area contributed by atoms with Gasteiger partial charge in [0.15, 0.2) is 23.1 Å². The molecule has 3 atom stereocenters. The van der Waals surface area contributed by atoms with Gasteiger partial charge in [0.1, 0.15) is 5.82 Å². The van der Waals surface area contributed by atoms with Crippen molar-refractivity contribution in [1.82, 2.24) is 20.5 Å². The van der Waals surface area contributed by atoms with Crippen molar-refractivity contribution < 1.29 is 19.0 Å². The van der Waals surface area contributed by atoms with Crippen LogP contribution in [0.1, 0.15) is 50.8 Å². The molecule has 3 unspecified atom stereocenters. The number of halogens is 2. The van der Waals surface area contributed by atoms with Crippen LogP contribution in [0.3, 0.4) is 0 Å². The van der Waals surface area contributed by atoms with Crippen LogP contribution in [-0.2, 0) is 0 Å². The molecule has 0 radical (unpaired) electrons. The van der Waals surface area contributed by atoms with Crippen LogP contribution in [-0.4, -0.2) is 43.1 Å². The third-order valence-corrected chi connectivity index (χ3v) is 6.92. The van der Waals surface area contributed by atoms with Crippen LogP contribution in [0.15, 0.2) is 29.2 Å². The standard InChI is InChI=1S/C21H25F2N5O2/c1-21(29,30)16-10-2-4-11(5-3-10)17(16)26-20-14(23)6-7-15(25-20)18-13-8-12(22)9-24-19(13)28-27-18/h6,8-11,15-17,29-30H,2-5,7H2,1H3,(H,25,26)(H,24,27,28). The van der Waals surface area contributed by atoms with Crippen LogP contribution in [0.5, 0.6) is 0 Å². The highest BCUT2D eigenvalue weighted by atomic mass is 19.1. The molecule has 0 aromatic carbocycles. The molecule has 9 heteroatoms. The van der Waals surface area contributed by atoms with Crippen molar-refractivity contribution in [3.8, 4) is 0 Å². The first kappa shape index (κ1) is 19.6. The molecule has 2 bridgehead atoms. The number of aliphatic imine (C=N–C) groups is 1. The Morgan fingerprint density at radius 2 is 1.90 bits per heavy atom.